The van der Waals surface area contributed by atoms with Crippen LogP contribution in [0.15, 0.2) is 359 Å². The fourth-order valence-electron chi connectivity index (χ4n) is 22.1. The largest absolute Gasteiger partial charge is 0.456 e. The number of furan rings is 3. The quantitative estimate of drug-likeness (QED) is 0.152. The monoisotopic (exact) mass is 1950 g/mol. The molecule has 0 amide bonds. The Labute approximate surface area is 885 Å². The van der Waals surface area contributed by atoms with E-state index in [0.717, 1.165) is 61.0 Å². The Kier molecular flexibility index (Phi) is 24.8. The minimum absolute atomic E-state index is 0.00187. The maximum Gasteiger partial charge on any atom is 0.136 e. The lowest BCUT2D eigenvalue weighted by Gasteiger charge is -2.28. The lowest BCUT2D eigenvalue weighted by Crippen LogP contribution is -2.17. The van der Waals surface area contributed by atoms with E-state index < -0.39 is 0 Å². The molecule has 0 saturated heterocycles. The molecule has 5 heteroatoms. The zero-order chi connectivity index (χ0) is 109. The Morgan fingerprint density at radius 1 is 0.196 bits per heavy atom. The van der Waals surface area contributed by atoms with Crippen LogP contribution in [0.2, 0.25) is 0 Å². The van der Waals surface area contributed by atoms with Gasteiger partial charge in [-0.3, -0.25) is 0 Å². The van der Waals surface area contributed by atoms with Crippen molar-refractivity contribution in [3.05, 3.63) is 407 Å². The number of aromatic nitrogens is 2. The van der Waals surface area contributed by atoms with Gasteiger partial charge in [-0.1, -0.05) is 468 Å². The molecule has 0 atom stereocenters. The zero-order valence-corrected chi connectivity index (χ0v) is 93.2. The normalized spacial score (nSPS) is 13.2. The number of nitrogens with zero attached hydrogens (tertiary/aromatic N) is 2. The van der Waals surface area contributed by atoms with Crippen molar-refractivity contribution in [1.82, 2.24) is 9.13 Å². The number of fused-ring (bicyclic) bond motifs is 15. The summed E-state index contributed by atoms with van der Waals surface area (Å²) in [5, 5.41) is 12.1. The first kappa shape index (κ1) is 97.2. The molecule has 0 aliphatic heterocycles. The summed E-state index contributed by atoms with van der Waals surface area (Å²) >= 11 is 0. The second kappa shape index (κ2) is 37.8. The van der Waals surface area contributed by atoms with E-state index in [9.17, 15) is 0 Å². The Morgan fingerprint density at radius 3 is 0.885 bits per heavy atom. The average molecular weight is 1950 g/mol. The molecule has 17 aromatic carbocycles. The van der Waals surface area contributed by atoms with Gasteiger partial charge >= 0.3 is 0 Å². The van der Waals surface area contributed by atoms with Gasteiger partial charge in [-0.25, -0.2) is 0 Å². The standard InChI is InChI=1S/C64H80N2.C29H26O.C28H24O.C22H20O/c1-58(2,3)40-25-27-50-48(37-40)49-38-41(59(4,5)6)26-28-51(49)66(50)54-30-29-53-56(57(54)64(19,20)21)55-47(39-31-42(60(7,8)9)33-43(32-39)61(10,11)12)23-22-24-52(55)65(53)46-35-44(62(13,14)15)34-45(36-46)63(16,17)18;1-19-13-15-21(16-14-19)23-17-18-25-27(28(23)29(2,3)4)26-22(11-8-12-24(26)30-25)20-9-6-5-7-10-20;1-28(2,3)27-22(20-13-8-5-9-14-20)17-18-24-26(27)25-21(15-10-16-23(25)29-24)19-11-6-4-7-12-19;1-22(2,3)17-12-8-14-19-21(17)20-16(11-7-13-18(20)23-19)15-9-5-4-6-10-15/h22-38H,1-21H3;5-18H,1-4H3;4-18H,1-3H3;4-14H,1-3H3/i;13D,14D,15D,16D;;. The lowest BCUT2D eigenvalue weighted by atomic mass is 9.78. The minimum atomic E-state index is -0.358. The first-order valence-electron chi connectivity index (χ1n) is 55.1. The zero-order valence-electron chi connectivity index (χ0n) is 97.2. The highest BCUT2D eigenvalue weighted by Gasteiger charge is 2.36. The molecule has 0 saturated carbocycles. The molecule has 22 rings (SSSR count). The van der Waals surface area contributed by atoms with Crippen molar-refractivity contribution in [1.29, 1.82) is 0 Å². The van der Waals surface area contributed by atoms with Crippen LogP contribution in [0.3, 0.4) is 0 Å². The Morgan fingerprint density at radius 2 is 0.514 bits per heavy atom. The summed E-state index contributed by atoms with van der Waals surface area (Å²) in [6, 6.07) is 116. The summed E-state index contributed by atoms with van der Waals surface area (Å²) in [7, 11) is 0. The third-order valence-electron chi connectivity index (χ3n) is 29.8. The van der Waals surface area contributed by atoms with Crippen LogP contribution in [0.5, 0.6) is 0 Å². The van der Waals surface area contributed by atoms with Gasteiger partial charge in [0.15, 0.2) is 0 Å². The van der Waals surface area contributed by atoms with Crippen LogP contribution >= 0.6 is 0 Å². The first-order chi connectivity index (χ1) is 71.4. The van der Waals surface area contributed by atoms with E-state index in [2.05, 4.69) is 496 Å². The molecule has 5 heterocycles. The Hall–Kier alpha value is -14.3. The van der Waals surface area contributed by atoms with Crippen molar-refractivity contribution >= 4 is 109 Å². The van der Waals surface area contributed by atoms with Crippen molar-refractivity contribution in [2.45, 2.75) is 269 Å². The summed E-state index contributed by atoms with van der Waals surface area (Å²) in [5.74, 6) is 0. The second-order valence-corrected chi connectivity index (χ2v) is 51.5. The van der Waals surface area contributed by atoms with E-state index in [1.165, 1.54) is 171 Å². The van der Waals surface area contributed by atoms with Crippen molar-refractivity contribution in [2.24, 2.45) is 0 Å². The van der Waals surface area contributed by atoms with Gasteiger partial charge in [-0.2, -0.15) is 0 Å². The topological polar surface area (TPSA) is 49.3 Å². The van der Waals surface area contributed by atoms with Crippen LogP contribution in [0, 0.1) is 6.92 Å². The van der Waals surface area contributed by atoms with Gasteiger partial charge in [0.1, 0.15) is 33.5 Å². The van der Waals surface area contributed by atoms with Crippen molar-refractivity contribution in [3.63, 3.8) is 0 Å². The van der Waals surface area contributed by atoms with Crippen molar-refractivity contribution in [3.8, 4) is 78.1 Å². The van der Waals surface area contributed by atoms with Crippen LogP contribution in [0.4, 0.5) is 0 Å². The molecule has 0 spiro atoms. The maximum atomic E-state index is 8.71. The summed E-state index contributed by atoms with van der Waals surface area (Å²) in [6.45, 7) is 71.1. The molecule has 5 aromatic heterocycles. The molecule has 0 fully saturated rings. The van der Waals surface area contributed by atoms with Crippen LogP contribution in [-0.2, 0) is 54.1 Å². The van der Waals surface area contributed by atoms with E-state index in [1.54, 1.807) is 6.92 Å². The summed E-state index contributed by atoms with van der Waals surface area (Å²) in [5.41, 5.74) is 38.8. The van der Waals surface area contributed by atoms with Gasteiger partial charge in [0.05, 0.1) is 33.2 Å². The minimum Gasteiger partial charge on any atom is -0.456 e. The predicted molar refractivity (Wildman–Crippen MR) is 641 cm³/mol. The molecule has 0 bridgehead atoms. The van der Waals surface area contributed by atoms with Crippen LogP contribution in [0.1, 0.15) is 274 Å². The third-order valence-corrected chi connectivity index (χ3v) is 29.8. The molecular formula is C143H150N2O3. The van der Waals surface area contributed by atoms with E-state index >= 15 is 0 Å². The molecule has 0 unspecified atom stereocenters. The molecule has 0 radical (unpaired) electrons. The molecule has 0 aliphatic rings. The molecule has 5 nitrogen and oxygen atoms in total. The van der Waals surface area contributed by atoms with E-state index in [1.807, 2.05) is 42.5 Å². The van der Waals surface area contributed by atoms with Gasteiger partial charge in [0.25, 0.3) is 0 Å². The molecule has 750 valence electrons. The summed E-state index contributed by atoms with van der Waals surface area (Å²) < 4.78 is 58.2. The summed E-state index contributed by atoms with van der Waals surface area (Å²) in [6.07, 6.45) is 0. The third kappa shape index (κ3) is 19.6. The SMILES string of the molecule is CC(C)(C)c1c(-c2ccccc2)ccc2oc3cccc(-c4ccccc4)c3c12.CC(C)(C)c1cc(-c2cccc3c2c2c(C(C)(C)C)c(-n4c5ccc(C(C)(C)C)cc5c5cc(C(C)(C)C)ccc54)ccc2n3-c2cc(C(C)(C)C)cc(C(C)(C)C)c2)cc(C(C)(C)C)c1.CC(C)(C)c1cccc2oc3cccc(-c4ccccc4)c3c12.[2H]c1c([2H])c(-c2ccc3oc4cccc(-c5ccccc5)c4c3c2C(C)(C)C)c([2H])c([2H])c1C. The predicted octanol–water partition coefficient (Wildman–Crippen LogP) is 41.9. The van der Waals surface area contributed by atoms with E-state index in [-0.39, 0.29) is 78.3 Å². The Bertz CT molecular complexity index is 8910. The fraction of sp³-hybridized carbons (Fsp3) is 0.287. The van der Waals surface area contributed by atoms with E-state index in [4.69, 9.17) is 18.7 Å². The maximum absolute atomic E-state index is 8.71. The molecule has 22 aromatic rings. The van der Waals surface area contributed by atoms with Crippen LogP contribution in [0.25, 0.3) is 188 Å². The number of hydrogen-bond acceptors (Lipinski definition) is 3. The smallest absolute Gasteiger partial charge is 0.136 e. The highest BCUT2D eigenvalue weighted by atomic mass is 16.3. The summed E-state index contributed by atoms with van der Waals surface area (Å²) in [4.78, 5) is 0. The molecule has 0 aliphatic carbocycles. The highest BCUT2D eigenvalue weighted by Crippen LogP contribution is 2.54. The molecule has 0 N–H and O–H groups in total. The fourth-order valence-corrected chi connectivity index (χ4v) is 22.1. The second-order valence-electron chi connectivity index (χ2n) is 51.5. The number of benzene rings is 17. The Balaban J connectivity index is 0.000000139. The molecular weight excluding hydrogens is 1790 g/mol. The van der Waals surface area contributed by atoms with Gasteiger partial charge in [-0.05, 0) is 274 Å². The van der Waals surface area contributed by atoms with Crippen LogP contribution in [-0.4, -0.2) is 9.13 Å². The lowest BCUT2D eigenvalue weighted by molar-refractivity contribution is 0.567. The highest BCUT2D eigenvalue weighted by molar-refractivity contribution is 6.21. The van der Waals surface area contributed by atoms with Gasteiger partial charge in [0.2, 0.25) is 0 Å². The van der Waals surface area contributed by atoms with Crippen molar-refractivity contribution < 1.29 is 18.7 Å². The average Bonchev–Trinajstić information content (AvgIpc) is 1.54. The van der Waals surface area contributed by atoms with Gasteiger partial charge in [0, 0.05) is 59.5 Å². The van der Waals surface area contributed by atoms with Gasteiger partial charge in [-0.15, -0.1) is 0 Å². The van der Waals surface area contributed by atoms with Crippen molar-refractivity contribution in [2.75, 3.05) is 0 Å². The molecule has 148 heavy (non-hydrogen) atoms. The van der Waals surface area contributed by atoms with E-state index in [0.29, 0.717) is 16.7 Å². The number of rotatable bonds is 8. The van der Waals surface area contributed by atoms with Crippen LogP contribution < -0.4 is 0 Å². The number of hydrogen-bond donors (Lipinski definition) is 0. The van der Waals surface area contributed by atoms with Gasteiger partial charge < -0.3 is 22.4 Å². The first-order valence-corrected chi connectivity index (χ1v) is 53.1.